The van der Waals surface area contributed by atoms with E-state index in [0.29, 0.717) is 15.8 Å². The number of hydroxylamine groups is 1. The molecule has 1 rings (SSSR count). The van der Waals surface area contributed by atoms with Crippen molar-refractivity contribution in [1.82, 2.24) is 5.48 Å². The van der Waals surface area contributed by atoms with Crippen LogP contribution in [0.15, 0.2) is 21.1 Å². The fraction of sp³-hybridized carbons (Fsp3) is 0.400. The zero-order chi connectivity index (χ0) is 13.8. The SMILES string of the molecule is COc1c(Br)cc(Br)cc1CNOCC(F)(F)F. The average Bonchev–Trinajstić information content (AvgIpc) is 2.22. The lowest BCUT2D eigenvalue weighted by Gasteiger charge is -2.13. The minimum Gasteiger partial charge on any atom is -0.495 e. The molecule has 0 aliphatic heterocycles. The van der Waals surface area contributed by atoms with Gasteiger partial charge in [0, 0.05) is 16.6 Å². The summed E-state index contributed by atoms with van der Waals surface area (Å²) in [6.45, 7) is -1.25. The Morgan fingerprint density at radius 2 is 1.94 bits per heavy atom. The van der Waals surface area contributed by atoms with E-state index in [4.69, 9.17) is 4.74 Å². The molecule has 0 atom stereocenters. The van der Waals surface area contributed by atoms with Gasteiger partial charge in [0.05, 0.1) is 11.6 Å². The summed E-state index contributed by atoms with van der Waals surface area (Å²) in [4.78, 5) is 4.32. The van der Waals surface area contributed by atoms with Crippen LogP contribution in [0.1, 0.15) is 5.56 Å². The number of alkyl halides is 3. The lowest BCUT2D eigenvalue weighted by atomic mass is 10.2. The fourth-order valence-electron chi connectivity index (χ4n) is 1.24. The minimum absolute atomic E-state index is 0.0945. The van der Waals surface area contributed by atoms with Crippen LogP contribution >= 0.6 is 31.9 Å². The summed E-state index contributed by atoms with van der Waals surface area (Å²) in [6, 6.07) is 3.51. The second kappa shape index (κ2) is 6.74. The van der Waals surface area contributed by atoms with Gasteiger partial charge in [0.15, 0.2) is 6.61 Å². The van der Waals surface area contributed by atoms with E-state index in [1.54, 1.807) is 12.1 Å². The molecule has 102 valence electrons. The molecule has 0 bridgehead atoms. The third kappa shape index (κ3) is 5.13. The average molecular weight is 393 g/mol. The maximum Gasteiger partial charge on any atom is 0.413 e. The standard InChI is InChI=1S/C10H10Br2F3NO2/c1-17-9-6(2-7(11)3-8(9)12)4-16-18-5-10(13,14)15/h2-3,16H,4-5H2,1H3. The molecule has 3 nitrogen and oxygen atoms in total. The van der Waals surface area contributed by atoms with E-state index >= 15 is 0 Å². The molecule has 0 heterocycles. The summed E-state index contributed by atoms with van der Waals surface area (Å²) in [5.74, 6) is 0.543. The first kappa shape index (κ1) is 15.7. The quantitative estimate of drug-likeness (QED) is 0.610. The first-order valence-corrected chi connectivity index (χ1v) is 6.35. The number of halogens is 5. The second-order valence-corrected chi connectivity index (χ2v) is 5.07. The van der Waals surface area contributed by atoms with E-state index in [1.807, 2.05) is 0 Å². The van der Waals surface area contributed by atoms with Crippen LogP contribution in [-0.4, -0.2) is 19.9 Å². The van der Waals surface area contributed by atoms with E-state index in [0.717, 1.165) is 4.47 Å². The van der Waals surface area contributed by atoms with Crippen LogP contribution in [0.4, 0.5) is 13.2 Å². The van der Waals surface area contributed by atoms with Crippen LogP contribution in [0, 0.1) is 0 Å². The summed E-state index contributed by atoms with van der Waals surface area (Å²) in [7, 11) is 1.48. The molecule has 18 heavy (non-hydrogen) atoms. The smallest absolute Gasteiger partial charge is 0.413 e. The summed E-state index contributed by atoms with van der Waals surface area (Å²) < 4.78 is 42.2. The van der Waals surface area contributed by atoms with Crippen molar-refractivity contribution in [2.45, 2.75) is 12.7 Å². The number of ether oxygens (including phenoxy) is 1. The van der Waals surface area contributed by atoms with Crippen molar-refractivity contribution < 1.29 is 22.7 Å². The highest BCUT2D eigenvalue weighted by Crippen LogP contribution is 2.32. The normalized spacial score (nSPS) is 11.7. The van der Waals surface area contributed by atoms with Gasteiger partial charge in [-0.2, -0.15) is 18.7 Å². The van der Waals surface area contributed by atoms with Crippen LogP contribution in [0.3, 0.4) is 0 Å². The molecule has 1 N–H and O–H groups in total. The van der Waals surface area contributed by atoms with Gasteiger partial charge < -0.3 is 4.74 Å². The number of methoxy groups -OCH3 is 1. The summed E-state index contributed by atoms with van der Waals surface area (Å²) in [6.07, 6.45) is -4.35. The van der Waals surface area contributed by atoms with Crippen molar-refractivity contribution in [1.29, 1.82) is 0 Å². The lowest BCUT2D eigenvalue weighted by Crippen LogP contribution is -2.24. The van der Waals surface area contributed by atoms with Crippen molar-refractivity contribution in [3.8, 4) is 5.75 Å². The van der Waals surface area contributed by atoms with E-state index < -0.39 is 12.8 Å². The molecule has 0 fully saturated rings. The first-order valence-electron chi connectivity index (χ1n) is 4.77. The van der Waals surface area contributed by atoms with Crippen LogP contribution in [0.2, 0.25) is 0 Å². The van der Waals surface area contributed by atoms with Crippen LogP contribution < -0.4 is 10.2 Å². The molecule has 0 radical (unpaired) electrons. The highest BCUT2D eigenvalue weighted by atomic mass is 79.9. The van der Waals surface area contributed by atoms with Crippen molar-refractivity contribution in [2.24, 2.45) is 0 Å². The molecule has 0 aromatic heterocycles. The Hall–Kier alpha value is -0.310. The zero-order valence-electron chi connectivity index (χ0n) is 9.28. The molecule has 0 aliphatic rings. The maximum absolute atomic E-state index is 11.9. The maximum atomic E-state index is 11.9. The lowest BCUT2D eigenvalue weighted by molar-refractivity contribution is -0.190. The molecule has 0 spiro atoms. The number of rotatable bonds is 5. The zero-order valence-corrected chi connectivity index (χ0v) is 12.4. The Labute approximate surface area is 119 Å². The minimum atomic E-state index is -4.35. The molecule has 0 saturated heterocycles. The fourth-order valence-corrected chi connectivity index (χ4v) is 2.71. The van der Waals surface area contributed by atoms with Gasteiger partial charge in [-0.3, -0.25) is 4.84 Å². The number of hydrogen-bond donors (Lipinski definition) is 1. The monoisotopic (exact) mass is 391 g/mol. The van der Waals surface area contributed by atoms with Gasteiger partial charge in [-0.05, 0) is 28.1 Å². The topological polar surface area (TPSA) is 30.5 Å². The number of benzene rings is 1. The Balaban J connectivity index is 2.61. The number of hydrogen-bond acceptors (Lipinski definition) is 3. The van der Waals surface area contributed by atoms with Crippen molar-refractivity contribution in [2.75, 3.05) is 13.7 Å². The Morgan fingerprint density at radius 1 is 1.28 bits per heavy atom. The summed E-state index contributed by atoms with van der Waals surface area (Å²) in [5.41, 5.74) is 2.91. The van der Waals surface area contributed by atoms with Crippen molar-refractivity contribution in [3.05, 3.63) is 26.6 Å². The van der Waals surface area contributed by atoms with E-state index in [2.05, 4.69) is 42.2 Å². The Morgan fingerprint density at radius 3 is 2.50 bits per heavy atom. The first-order chi connectivity index (χ1) is 8.33. The largest absolute Gasteiger partial charge is 0.495 e. The van der Waals surface area contributed by atoms with E-state index in [9.17, 15) is 13.2 Å². The molecule has 1 aromatic rings. The summed E-state index contributed by atoms with van der Waals surface area (Å²) >= 11 is 6.58. The predicted octanol–water partition coefficient (Wildman–Crippen LogP) is 3.80. The highest BCUT2D eigenvalue weighted by Gasteiger charge is 2.27. The Kier molecular flexibility index (Phi) is 5.90. The van der Waals surface area contributed by atoms with Gasteiger partial charge >= 0.3 is 6.18 Å². The van der Waals surface area contributed by atoms with Crippen molar-refractivity contribution >= 4 is 31.9 Å². The predicted molar refractivity (Wildman–Crippen MR) is 67.2 cm³/mol. The van der Waals surface area contributed by atoms with E-state index in [1.165, 1.54) is 7.11 Å². The molecule has 0 aliphatic carbocycles. The highest BCUT2D eigenvalue weighted by molar-refractivity contribution is 9.11. The molecular weight excluding hydrogens is 383 g/mol. The summed E-state index contributed by atoms with van der Waals surface area (Å²) in [5, 5.41) is 0. The van der Waals surface area contributed by atoms with Crippen molar-refractivity contribution in [3.63, 3.8) is 0 Å². The van der Waals surface area contributed by atoms with Gasteiger partial charge in [0.25, 0.3) is 0 Å². The van der Waals surface area contributed by atoms with Gasteiger partial charge in [0.1, 0.15) is 5.75 Å². The molecule has 0 unspecified atom stereocenters. The van der Waals surface area contributed by atoms with Gasteiger partial charge in [-0.15, -0.1) is 0 Å². The van der Waals surface area contributed by atoms with Crippen LogP contribution in [-0.2, 0) is 11.4 Å². The molecule has 0 saturated carbocycles. The molecular formula is C10H10Br2F3NO2. The molecule has 0 amide bonds. The third-order valence-corrected chi connectivity index (χ3v) is 2.94. The van der Waals surface area contributed by atoms with Crippen LogP contribution in [0.5, 0.6) is 5.75 Å². The van der Waals surface area contributed by atoms with Gasteiger partial charge in [0.2, 0.25) is 0 Å². The molecule has 1 aromatic carbocycles. The molecule has 8 heteroatoms. The van der Waals surface area contributed by atoms with Gasteiger partial charge in [-0.1, -0.05) is 15.9 Å². The third-order valence-electron chi connectivity index (χ3n) is 1.89. The van der Waals surface area contributed by atoms with Crippen LogP contribution in [0.25, 0.3) is 0 Å². The number of nitrogens with one attached hydrogen (secondary N) is 1. The van der Waals surface area contributed by atoms with Gasteiger partial charge in [-0.25, -0.2) is 0 Å². The van der Waals surface area contributed by atoms with E-state index in [-0.39, 0.29) is 6.54 Å². The Bertz CT molecular complexity index is 413. The second-order valence-electron chi connectivity index (χ2n) is 3.30.